The molecule has 1 N–H and O–H groups in total. The Balaban J connectivity index is 1.82. The number of hydrogen-bond donors (Lipinski definition) is 1. The average molecular weight is 311 g/mol. The second-order valence-electron chi connectivity index (χ2n) is 4.61. The maximum atomic E-state index is 10.8. The molecule has 0 aliphatic heterocycles. The predicted molar refractivity (Wildman–Crippen MR) is 76.9 cm³/mol. The lowest BCUT2D eigenvalue weighted by Crippen LogP contribution is -2.14. The highest BCUT2D eigenvalue weighted by molar-refractivity contribution is 7.14. The summed E-state index contributed by atoms with van der Waals surface area (Å²) < 4.78 is 0. The first kappa shape index (κ1) is 13.4. The molecule has 3 rings (SSSR count). The Kier molecular flexibility index (Phi) is 3.64. The third kappa shape index (κ3) is 3.12. The van der Waals surface area contributed by atoms with E-state index in [4.69, 9.17) is 11.6 Å². The van der Waals surface area contributed by atoms with E-state index in [1.54, 1.807) is 6.07 Å². The van der Waals surface area contributed by atoms with E-state index in [2.05, 4.69) is 15.5 Å². The number of nitro benzene ring substituents is 1. The van der Waals surface area contributed by atoms with Crippen LogP contribution in [0, 0.1) is 10.1 Å². The largest absolute Gasteiger partial charge is 0.308 e. The molecular weight excluding hydrogens is 300 g/mol. The van der Waals surface area contributed by atoms with E-state index < -0.39 is 4.92 Å². The molecule has 0 spiro atoms. The molecule has 20 heavy (non-hydrogen) atoms. The molecule has 0 amide bonds. The molecule has 2 aromatic rings. The normalized spacial score (nSPS) is 14.4. The van der Waals surface area contributed by atoms with Crippen LogP contribution in [0.3, 0.4) is 0 Å². The summed E-state index contributed by atoms with van der Waals surface area (Å²) in [5.41, 5.74) is 0.583. The van der Waals surface area contributed by atoms with Gasteiger partial charge in [0.25, 0.3) is 5.69 Å². The first-order valence-electron chi connectivity index (χ1n) is 6.13. The van der Waals surface area contributed by atoms with Crippen molar-refractivity contribution >= 4 is 28.6 Å². The van der Waals surface area contributed by atoms with Crippen molar-refractivity contribution in [2.45, 2.75) is 25.4 Å². The number of non-ortho nitro benzene ring substituents is 1. The van der Waals surface area contributed by atoms with Crippen LogP contribution in [0.25, 0.3) is 10.6 Å². The summed E-state index contributed by atoms with van der Waals surface area (Å²) in [5, 5.41) is 24.2. The van der Waals surface area contributed by atoms with Crippen LogP contribution in [0.4, 0.5) is 5.69 Å². The first-order chi connectivity index (χ1) is 9.61. The highest BCUT2D eigenvalue weighted by Crippen LogP contribution is 2.30. The molecule has 0 saturated heterocycles. The Morgan fingerprint density at radius 2 is 2.20 bits per heavy atom. The summed E-state index contributed by atoms with van der Waals surface area (Å²) in [4.78, 5) is 10.4. The van der Waals surface area contributed by atoms with Gasteiger partial charge in [-0.05, 0) is 18.9 Å². The molecule has 6 nitrogen and oxygen atoms in total. The average Bonchev–Trinajstić information content (AvgIpc) is 3.12. The third-order valence-electron chi connectivity index (χ3n) is 2.93. The molecule has 1 saturated carbocycles. The number of halogens is 1. The Labute approximate surface area is 123 Å². The molecule has 1 heterocycles. The zero-order chi connectivity index (χ0) is 14.1. The molecular formula is C12H11ClN4O2S. The van der Waals surface area contributed by atoms with E-state index >= 15 is 0 Å². The minimum atomic E-state index is -0.466. The van der Waals surface area contributed by atoms with E-state index in [9.17, 15) is 10.1 Å². The summed E-state index contributed by atoms with van der Waals surface area (Å²) in [7, 11) is 0. The van der Waals surface area contributed by atoms with Crippen molar-refractivity contribution in [2.24, 2.45) is 0 Å². The van der Waals surface area contributed by atoms with Crippen LogP contribution in [0.2, 0.25) is 5.02 Å². The van der Waals surface area contributed by atoms with Crippen molar-refractivity contribution < 1.29 is 4.92 Å². The minimum absolute atomic E-state index is 0.0413. The van der Waals surface area contributed by atoms with Crippen LogP contribution >= 0.6 is 22.9 Å². The summed E-state index contributed by atoms with van der Waals surface area (Å²) in [6, 6.07) is 5.05. The molecule has 0 radical (unpaired) electrons. The van der Waals surface area contributed by atoms with Gasteiger partial charge in [0.1, 0.15) is 10.0 Å². The van der Waals surface area contributed by atoms with E-state index in [1.165, 1.54) is 36.3 Å². The van der Waals surface area contributed by atoms with Crippen LogP contribution < -0.4 is 5.32 Å². The standard InChI is InChI=1S/C12H11ClN4O2S/c13-8-3-7(4-10(5-8)17(18)19)12-16-15-11(20-12)6-14-9-1-2-9/h3-5,9,14H,1-2,6H2. The van der Waals surface area contributed by atoms with Crippen molar-refractivity contribution in [3.8, 4) is 10.6 Å². The van der Waals surface area contributed by atoms with Crippen LogP contribution in [0.15, 0.2) is 18.2 Å². The number of aromatic nitrogens is 2. The van der Waals surface area contributed by atoms with Crippen LogP contribution in [0.1, 0.15) is 17.8 Å². The lowest BCUT2D eigenvalue weighted by molar-refractivity contribution is -0.384. The second-order valence-corrected chi connectivity index (χ2v) is 6.11. The van der Waals surface area contributed by atoms with Gasteiger partial charge in [0, 0.05) is 35.3 Å². The van der Waals surface area contributed by atoms with Crippen molar-refractivity contribution in [2.75, 3.05) is 0 Å². The molecule has 1 aliphatic rings. The fourth-order valence-electron chi connectivity index (χ4n) is 1.76. The highest BCUT2D eigenvalue weighted by atomic mass is 35.5. The van der Waals surface area contributed by atoms with Gasteiger partial charge in [-0.25, -0.2) is 0 Å². The maximum Gasteiger partial charge on any atom is 0.271 e. The molecule has 8 heteroatoms. The molecule has 104 valence electrons. The highest BCUT2D eigenvalue weighted by Gasteiger charge is 2.21. The van der Waals surface area contributed by atoms with Gasteiger partial charge < -0.3 is 5.32 Å². The molecule has 0 atom stereocenters. The number of nitrogens with zero attached hydrogens (tertiary/aromatic N) is 3. The molecule has 0 unspecified atom stereocenters. The lowest BCUT2D eigenvalue weighted by Gasteiger charge is -1.98. The lowest BCUT2D eigenvalue weighted by atomic mass is 10.2. The Hall–Kier alpha value is -1.57. The van der Waals surface area contributed by atoms with E-state index in [-0.39, 0.29) is 5.69 Å². The van der Waals surface area contributed by atoms with E-state index in [0.29, 0.717) is 28.2 Å². The van der Waals surface area contributed by atoms with Gasteiger partial charge in [-0.2, -0.15) is 0 Å². The Bertz CT molecular complexity index is 657. The van der Waals surface area contributed by atoms with Gasteiger partial charge in [0.2, 0.25) is 0 Å². The first-order valence-corrected chi connectivity index (χ1v) is 7.32. The van der Waals surface area contributed by atoms with Gasteiger partial charge in [0.15, 0.2) is 0 Å². The summed E-state index contributed by atoms with van der Waals surface area (Å²) in [6.07, 6.45) is 2.43. The molecule has 1 aromatic heterocycles. The summed E-state index contributed by atoms with van der Waals surface area (Å²) >= 11 is 7.32. The van der Waals surface area contributed by atoms with E-state index in [0.717, 1.165) is 5.01 Å². The van der Waals surface area contributed by atoms with Crippen molar-refractivity contribution in [3.05, 3.63) is 38.3 Å². The molecule has 1 aromatic carbocycles. The molecule has 0 bridgehead atoms. The zero-order valence-corrected chi connectivity index (χ0v) is 11.9. The number of benzene rings is 1. The van der Waals surface area contributed by atoms with E-state index in [1.807, 2.05) is 0 Å². The summed E-state index contributed by atoms with van der Waals surface area (Å²) in [5.74, 6) is 0. The van der Waals surface area contributed by atoms with Crippen molar-refractivity contribution in [1.29, 1.82) is 0 Å². The fourth-order valence-corrected chi connectivity index (χ4v) is 2.77. The Morgan fingerprint density at radius 3 is 2.90 bits per heavy atom. The topological polar surface area (TPSA) is 81.0 Å². The zero-order valence-electron chi connectivity index (χ0n) is 10.4. The second kappa shape index (κ2) is 5.43. The number of hydrogen-bond acceptors (Lipinski definition) is 6. The smallest absolute Gasteiger partial charge is 0.271 e. The van der Waals surface area contributed by atoms with Crippen molar-refractivity contribution in [1.82, 2.24) is 15.5 Å². The van der Waals surface area contributed by atoms with Crippen LogP contribution in [-0.2, 0) is 6.54 Å². The SMILES string of the molecule is O=[N+]([O-])c1cc(Cl)cc(-c2nnc(CNC3CC3)s2)c1. The van der Waals surface area contributed by atoms with Gasteiger partial charge in [-0.15, -0.1) is 10.2 Å². The van der Waals surface area contributed by atoms with Crippen LogP contribution in [-0.4, -0.2) is 21.2 Å². The van der Waals surface area contributed by atoms with Gasteiger partial charge in [-0.1, -0.05) is 22.9 Å². The third-order valence-corrected chi connectivity index (χ3v) is 4.12. The fraction of sp³-hybridized carbons (Fsp3) is 0.333. The summed E-state index contributed by atoms with van der Waals surface area (Å²) in [6.45, 7) is 0.686. The van der Waals surface area contributed by atoms with Gasteiger partial charge in [0.05, 0.1) is 4.92 Å². The maximum absolute atomic E-state index is 10.8. The number of nitrogens with one attached hydrogen (secondary N) is 1. The monoisotopic (exact) mass is 310 g/mol. The molecule has 1 aliphatic carbocycles. The van der Waals surface area contributed by atoms with Gasteiger partial charge in [-0.3, -0.25) is 10.1 Å². The number of rotatable bonds is 5. The quantitative estimate of drug-likeness (QED) is 0.678. The van der Waals surface area contributed by atoms with Gasteiger partial charge >= 0.3 is 0 Å². The minimum Gasteiger partial charge on any atom is -0.308 e. The number of nitro groups is 1. The predicted octanol–water partition coefficient (Wildman–Crippen LogP) is 3.02. The molecule has 1 fully saturated rings. The van der Waals surface area contributed by atoms with Crippen LogP contribution in [0.5, 0.6) is 0 Å². The Morgan fingerprint density at radius 1 is 1.40 bits per heavy atom. The van der Waals surface area contributed by atoms with Crippen molar-refractivity contribution in [3.63, 3.8) is 0 Å².